The van der Waals surface area contributed by atoms with E-state index >= 15 is 0 Å². The van der Waals surface area contributed by atoms with Crippen molar-refractivity contribution in [3.05, 3.63) is 69.2 Å². The van der Waals surface area contributed by atoms with Gasteiger partial charge in [-0.2, -0.15) is 0 Å². The number of nitro groups is 1. The van der Waals surface area contributed by atoms with Crippen LogP contribution in [0.3, 0.4) is 0 Å². The van der Waals surface area contributed by atoms with E-state index in [1.54, 1.807) is 31.2 Å². The molecule has 0 unspecified atom stereocenters. The van der Waals surface area contributed by atoms with Crippen LogP contribution < -0.4 is 5.32 Å². The van der Waals surface area contributed by atoms with E-state index in [4.69, 9.17) is 16.0 Å². The Morgan fingerprint density at radius 1 is 1.32 bits per heavy atom. The van der Waals surface area contributed by atoms with E-state index in [0.717, 1.165) is 0 Å². The van der Waals surface area contributed by atoms with Crippen molar-refractivity contribution >= 4 is 45.9 Å². The number of aryl methyl sites for hydroxylation is 1. The van der Waals surface area contributed by atoms with E-state index in [1.165, 1.54) is 18.3 Å². The van der Waals surface area contributed by atoms with Crippen LogP contribution in [0.5, 0.6) is 0 Å². The molecule has 0 amide bonds. The van der Waals surface area contributed by atoms with Crippen LogP contribution in [0.1, 0.15) is 11.5 Å². The fourth-order valence-corrected chi connectivity index (χ4v) is 2.42. The molecule has 1 N–H and O–H groups in total. The summed E-state index contributed by atoms with van der Waals surface area (Å²) < 4.78 is 5.55. The van der Waals surface area contributed by atoms with Crippen molar-refractivity contribution in [2.45, 2.75) is 6.92 Å². The molecule has 126 valence electrons. The van der Waals surface area contributed by atoms with Gasteiger partial charge >= 0.3 is 0 Å². The third-order valence-corrected chi connectivity index (χ3v) is 3.76. The maximum atomic E-state index is 11.4. The number of nitrogens with zero attached hydrogens (tertiary/aromatic N) is 2. The molecule has 3 rings (SSSR count). The molecular formula is C17H12ClN3O4. The lowest BCUT2D eigenvalue weighted by atomic mass is 10.2. The minimum absolute atomic E-state index is 0.00142. The Bertz CT molecular complexity index is 1010. The number of nitro benzene ring substituents is 1. The first-order valence-electron chi connectivity index (χ1n) is 7.21. The average Bonchev–Trinajstić information content (AvgIpc) is 2.99. The zero-order chi connectivity index (χ0) is 18.0. The SMILES string of the molecule is Cc1cc([N+](=O)[O-])ccc1N/C=C(/C=O)c1nc2cc(Cl)ccc2o1. The summed E-state index contributed by atoms with van der Waals surface area (Å²) in [5.41, 5.74) is 2.55. The fourth-order valence-electron chi connectivity index (χ4n) is 2.25. The molecule has 0 radical (unpaired) electrons. The maximum absolute atomic E-state index is 11.4. The van der Waals surface area contributed by atoms with E-state index in [9.17, 15) is 14.9 Å². The van der Waals surface area contributed by atoms with Crippen molar-refractivity contribution in [1.29, 1.82) is 0 Å². The number of nitrogens with one attached hydrogen (secondary N) is 1. The van der Waals surface area contributed by atoms with Gasteiger partial charge < -0.3 is 9.73 Å². The van der Waals surface area contributed by atoms with Gasteiger partial charge in [-0.25, -0.2) is 4.98 Å². The summed E-state index contributed by atoms with van der Waals surface area (Å²) in [7, 11) is 0. The molecule has 0 aliphatic rings. The van der Waals surface area contributed by atoms with Crippen LogP contribution in [-0.2, 0) is 4.79 Å². The number of allylic oxidation sites excluding steroid dienone is 1. The number of oxazole rings is 1. The summed E-state index contributed by atoms with van der Waals surface area (Å²) in [4.78, 5) is 25.9. The Balaban J connectivity index is 1.89. The topological polar surface area (TPSA) is 98.3 Å². The molecule has 0 atom stereocenters. The van der Waals surface area contributed by atoms with Gasteiger partial charge in [-0.05, 0) is 36.8 Å². The van der Waals surface area contributed by atoms with Crippen molar-refractivity contribution in [2.24, 2.45) is 0 Å². The monoisotopic (exact) mass is 357 g/mol. The molecule has 0 saturated heterocycles. The summed E-state index contributed by atoms with van der Waals surface area (Å²) >= 11 is 5.91. The molecule has 0 fully saturated rings. The molecule has 0 aliphatic heterocycles. The Labute approximate surface area is 147 Å². The number of aromatic nitrogens is 1. The second kappa shape index (κ2) is 6.74. The normalized spacial score (nSPS) is 11.5. The Morgan fingerprint density at radius 2 is 2.12 bits per heavy atom. The molecule has 8 heteroatoms. The number of anilines is 1. The Kier molecular flexibility index (Phi) is 4.49. The zero-order valence-electron chi connectivity index (χ0n) is 13.0. The number of hydrogen-bond donors (Lipinski definition) is 1. The van der Waals surface area contributed by atoms with Gasteiger partial charge in [0.1, 0.15) is 5.52 Å². The number of benzene rings is 2. The predicted molar refractivity (Wildman–Crippen MR) is 94.5 cm³/mol. The van der Waals surface area contributed by atoms with Gasteiger partial charge in [0, 0.05) is 29.0 Å². The molecule has 25 heavy (non-hydrogen) atoms. The van der Waals surface area contributed by atoms with Crippen molar-refractivity contribution < 1.29 is 14.1 Å². The highest BCUT2D eigenvalue weighted by Crippen LogP contribution is 2.24. The minimum atomic E-state index is -0.465. The molecule has 0 spiro atoms. The number of carbonyl (C=O) groups is 1. The van der Waals surface area contributed by atoms with Crippen molar-refractivity contribution in [3.8, 4) is 0 Å². The highest BCUT2D eigenvalue weighted by molar-refractivity contribution is 6.31. The van der Waals surface area contributed by atoms with Crippen LogP contribution in [0.15, 0.2) is 47.0 Å². The van der Waals surface area contributed by atoms with E-state index in [1.807, 2.05) is 0 Å². The molecule has 1 heterocycles. The highest BCUT2D eigenvalue weighted by atomic mass is 35.5. The molecule has 0 saturated carbocycles. The third kappa shape index (κ3) is 3.51. The Hall–Kier alpha value is -3.19. The molecule has 1 aromatic heterocycles. The molecule has 3 aromatic rings. The van der Waals surface area contributed by atoms with E-state index < -0.39 is 4.92 Å². The molecular weight excluding hydrogens is 346 g/mol. The number of halogens is 1. The standard InChI is InChI=1S/C17H12ClN3O4/c1-10-6-13(21(23)24)3-4-14(10)19-8-11(9-22)17-20-15-7-12(18)2-5-16(15)25-17/h2-9,19H,1H3/b11-8-. The van der Waals surface area contributed by atoms with Gasteiger partial charge in [0.2, 0.25) is 5.89 Å². The van der Waals surface area contributed by atoms with Crippen molar-refractivity contribution in [3.63, 3.8) is 0 Å². The summed E-state index contributed by atoms with van der Waals surface area (Å²) in [5.74, 6) is 0.152. The van der Waals surface area contributed by atoms with Gasteiger partial charge in [0.25, 0.3) is 5.69 Å². The third-order valence-electron chi connectivity index (χ3n) is 3.53. The van der Waals surface area contributed by atoms with E-state index in [0.29, 0.717) is 33.7 Å². The second-order valence-corrected chi connectivity index (χ2v) is 5.69. The number of non-ortho nitro benzene ring substituents is 1. The highest BCUT2D eigenvalue weighted by Gasteiger charge is 2.12. The summed E-state index contributed by atoms with van der Waals surface area (Å²) in [6, 6.07) is 9.37. The number of aldehydes is 1. The van der Waals surface area contributed by atoms with Gasteiger partial charge in [-0.1, -0.05) is 11.6 Å². The van der Waals surface area contributed by atoms with E-state index in [-0.39, 0.29) is 17.2 Å². The lowest BCUT2D eigenvalue weighted by molar-refractivity contribution is -0.384. The second-order valence-electron chi connectivity index (χ2n) is 5.25. The number of hydrogen-bond acceptors (Lipinski definition) is 6. The van der Waals surface area contributed by atoms with Crippen LogP contribution >= 0.6 is 11.6 Å². The van der Waals surface area contributed by atoms with E-state index in [2.05, 4.69) is 10.3 Å². The molecule has 2 aromatic carbocycles. The van der Waals surface area contributed by atoms with Crippen LogP contribution in [0, 0.1) is 17.0 Å². The predicted octanol–water partition coefficient (Wildman–Crippen LogP) is 4.35. The summed E-state index contributed by atoms with van der Waals surface area (Å²) in [6.45, 7) is 1.73. The van der Waals surface area contributed by atoms with Gasteiger partial charge in [-0.3, -0.25) is 14.9 Å². The lowest BCUT2D eigenvalue weighted by Gasteiger charge is -2.05. The zero-order valence-corrected chi connectivity index (χ0v) is 13.8. The van der Waals surface area contributed by atoms with Crippen LogP contribution in [0.4, 0.5) is 11.4 Å². The first kappa shape index (κ1) is 16.7. The first-order valence-corrected chi connectivity index (χ1v) is 7.59. The van der Waals surface area contributed by atoms with Crippen LogP contribution in [-0.4, -0.2) is 16.2 Å². The number of rotatable bonds is 5. The quantitative estimate of drug-likeness (QED) is 0.315. The largest absolute Gasteiger partial charge is 0.436 e. The van der Waals surface area contributed by atoms with Crippen LogP contribution in [0.2, 0.25) is 5.02 Å². The van der Waals surface area contributed by atoms with Gasteiger partial charge in [0.15, 0.2) is 11.9 Å². The molecule has 7 nitrogen and oxygen atoms in total. The van der Waals surface area contributed by atoms with Crippen molar-refractivity contribution in [2.75, 3.05) is 5.32 Å². The van der Waals surface area contributed by atoms with Gasteiger partial charge in [0.05, 0.1) is 10.5 Å². The lowest BCUT2D eigenvalue weighted by Crippen LogP contribution is -1.96. The maximum Gasteiger partial charge on any atom is 0.269 e. The Morgan fingerprint density at radius 3 is 2.80 bits per heavy atom. The summed E-state index contributed by atoms with van der Waals surface area (Å²) in [5, 5.41) is 14.2. The van der Waals surface area contributed by atoms with Crippen molar-refractivity contribution in [1.82, 2.24) is 4.98 Å². The molecule has 0 bridgehead atoms. The average molecular weight is 358 g/mol. The van der Waals surface area contributed by atoms with Gasteiger partial charge in [-0.15, -0.1) is 0 Å². The smallest absolute Gasteiger partial charge is 0.269 e. The number of fused-ring (bicyclic) bond motifs is 1. The first-order chi connectivity index (χ1) is 12.0. The van der Waals surface area contributed by atoms with Crippen LogP contribution in [0.25, 0.3) is 16.7 Å². The fraction of sp³-hybridized carbons (Fsp3) is 0.0588. The number of carbonyl (C=O) groups excluding carboxylic acids is 1. The molecule has 0 aliphatic carbocycles. The summed E-state index contributed by atoms with van der Waals surface area (Å²) in [6.07, 6.45) is 2.05. The minimum Gasteiger partial charge on any atom is -0.436 e.